The summed E-state index contributed by atoms with van der Waals surface area (Å²) in [6.45, 7) is 3.94. The van der Waals surface area contributed by atoms with E-state index in [9.17, 15) is 8.42 Å². The van der Waals surface area contributed by atoms with Gasteiger partial charge in [0, 0.05) is 33.3 Å². The summed E-state index contributed by atoms with van der Waals surface area (Å²) in [5, 5.41) is 6.44. The van der Waals surface area contributed by atoms with Gasteiger partial charge in [-0.2, -0.15) is 4.98 Å². The molecule has 0 bridgehead atoms. The first-order chi connectivity index (χ1) is 15.8. The zero-order valence-electron chi connectivity index (χ0n) is 18.0. The van der Waals surface area contributed by atoms with Gasteiger partial charge in [-0.25, -0.2) is 13.4 Å². The number of hydrogen-bond donors (Lipinski definition) is 3. The molecule has 0 amide bonds. The summed E-state index contributed by atoms with van der Waals surface area (Å²) in [5.41, 5.74) is 4.11. The largest absolute Gasteiger partial charge is 0.340 e. The van der Waals surface area contributed by atoms with E-state index in [-0.39, 0.29) is 4.90 Å². The Hall–Kier alpha value is -3.43. The minimum atomic E-state index is -3.67. The molecule has 0 aliphatic heterocycles. The van der Waals surface area contributed by atoms with Gasteiger partial charge in [-0.05, 0) is 74.5 Å². The molecule has 168 valence electrons. The molecule has 0 saturated heterocycles. The molecule has 33 heavy (non-hydrogen) atoms. The third-order valence-electron chi connectivity index (χ3n) is 4.70. The van der Waals surface area contributed by atoms with E-state index >= 15 is 0 Å². The molecule has 4 rings (SSSR count). The van der Waals surface area contributed by atoms with E-state index < -0.39 is 10.0 Å². The minimum Gasteiger partial charge on any atom is -0.340 e. The van der Waals surface area contributed by atoms with E-state index in [1.165, 1.54) is 5.56 Å². The quantitative estimate of drug-likeness (QED) is 0.269. The molecule has 4 aromatic rings. The average Bonchev–Trinajstić information content (AvgIpc) is 2.76. The second-order valence-corrected chi connectivity index (χ2v) is 10.1. The Morgan fingerprint density at radius 2 is 1.30 bits per heavy atom. The molecule has 3 N–H and O–H groups in total. The maximum Gasteiger partial charge on any atom is 0.261 e. The predicted molar refractivity (Wildman–Crippen MR) is 136 cm³/mol. The van der Waals surface area contributed by atoms with Crippen LogP contribution in [0, 0.1) is 13.8 Å². The molecular formula is C24H22BrN5O2S. The molecule has 0 atom stereocenters. The standard InChI is InChI=1S/C24H22BrN5O2S/c1-16-3-7-19(8-4-16)27-23-15-17(2)26-24(29-23)28-20-9-11-21(12-10-20)30-33(31,32)22-13-5-18(25)6-14-22/h3-15,30H,1-2H3,(H2,26,27,28,29). The lowest BCUT2D eigenvalue weighted by Crippen LogP contribution is -2.12. The van der Waals surface area contributed by atoms with Crippen molar-refractivity contribution in [2.45, 2.75) is 18.7 Å². The predicted octanol–water partition coefficient (Wildman–Crippen LogP) is 6.14. The molecule has 9 heteroatoms. The minimum absolute atomic E-state index is 0.190. The van der Waals surface area contributed by atoms with Crippen molar-refractivity contribution in [2.24, 2.45) is 0 Å². The summed E-state index contributed by atoms with van der Waals surface area (Å²) in [6, 6.07) is 23.3. The number of nitrogens with zero attached hydrogens (tertiary/aromatic N) is 2. The van der Waals surface area contributed by atoms with E-state index in [4.69, 9.17) is 0 Å². The molecule has 0 spiro atoms. The van der Waals surface area contributed by atoms with Crippen molar-refractivity contribution in [1.82, 2.24) is 9.97 Å². The van der Waals surface area contributed by atoms with Crippen molar-refractivity contribution in [1.29, 1.82) is 0 Å². The highest BCUT2D eigenvalue weighted by Crippen LogP contribution is 2.23. The van der Waals surface area contributed by atoms with Crippen molar-refractivity contribution in [3.63, 3.8) is 0 Å². The third-order valence-corrected chi connectivity index (χ3v) is 6.62. The molecule has 0 fully saturated rings. The molecule has 1 heterocycles. The summed E-state index contributed by atoms with van der Waals surface area (Å²) >= 11 is 3.31. The van der Waals surface area contributed by atoms with E-state index in [0.29, 0.717) is 17.5 Å². The fourth-order valence-electron chi connectivity index (χ4n) is 3.05. The maximum absolute atomic E-state index is 12.6. The molecule has 0 unspecified atom stereocenters. The van der Waals surface area contributed by atoms with Crippen LogP contribution in [0.5, 0.6) is 0 Å². The van der Waals surface area contributed by atoms with Gasteiger partial charge in [0.15, 0.2) is 0 Å². The Labute approximate surface area is 201 Å². The van der Waals surface area contributed by atoms with Crippen LogP contribution in [0.15, 0.2) is 88.2 Å². The molecule has 0 saturated carbocycles. The second kappa shape index (κ2) is 9.60. The van der Waals surface area contributed by atoms with Crippen molar-refractivity contribution >= 4 is 54.8 Å². The number of rotatable bonds is 7. The Kier molecular flexibility index (Phi) is 6.62. The van der Waals surface area contributed by atoms with Crippen LogP contribution in [-0.4, -0.2) is 18.4 Å². The lowest BCUT2D eigenvalue weighted by atomic mass is 10.2. The van der Waals surface area contributed by atoms with Crippen LogP contribution in [0.3, 0.4) is 0 Å². The monoisotopic (exact) mass is 523 g/mol. The number of aromatic nitrogens is 2. The first kappa shape index (κ1) is 22.8. The molecule has 0 aliphatic carbocycles. The number of aryl methyl sites for hydroxylation is 2. The van der Waals surface area contributed by atoms with Gasteiger partial charge in [-0.15, -0.1) is 0 Å². The summed E-state index contributed by atoms with van der Waals surface area (Å²) in [4.78, 5) is 9.15. The highest BCUT2D eigenvalue weighted by molar-refractivity contribution is 9.10. The van der Waals surface area contributed by atoms with Gasteiger partial charge in [0.25, 0.3) is 10.0 Å². The first-order valence-electron chi connectivity index (χ1n) is 10.1. The van der Waals surface area contributed by atoms with Crippen molar-refractivity contribution in [3.05, 3.63) is 94.6 Å². The van der Waals surface area contributed by atoms with Crippen LogP contribution >= 0.6 is 15.9 Å². The number of benzene rings is 3. The Balaban J connectivity index is 1.46. The van der Waals surface area contributed by atoms with Gasteiger partial charge in [-0.3, -0.25) is 4.72 Å². The van der Waals surface area contributed by atoms with Crippen LogP contribution in [0.1, 0.15) is 11.3 Å². The fourth-order valence-corrected chi connectivity index (χ4v) is 4.37. The Morgan fingerprint density at radius 3 is 1.97 bits per heavy atom. The fraction of sp³-hybridized carbons (Fsp3) is 0.0833. The number of halogens is 1. The van der Waals surface area contributed by atoms with E-state index in [1.54, 1.807) is 48.5 Å². The van der Waals surface area contributed by atoms with E-state index in [2.05, 4.69) is 41.3 Å². The van der Waals surface area contributed by atoms with Crippen LogP contribution in [0.2, 0.25) is 0 Å². The highest BCUT2D eigenvalue weighted by Gasteiger charge is 2.14. The van der Waals surface area contributed by atoms with Crippen LogP contribution < -0.4 is 15.4 Å². The average molecular weight is 524 g/mol. The molecule has 0 radical (unpaired) electrons. The Bertz CT molecular complexity index is 1360. The summed E-state index contributed by atoms with van der Waals surface area (Å²) in [6.07, 6.45) is 0. The van der Waals surface area contributed by atoms with Crippen molar-refractivity contribution in [2.75, 3.05) is 15.4 Å². The third kappa shape index (κ3) is 6.09. The summed E-state index contributed by atoms with van der Waals surface area (Å²) in [5.74, 6) is 1.11. The SMILES string of the molecule is Cc1ccc(Nc2cc(C)nc(Nc3ccc(NS(=O)(=O)c4ccc(Br)cc4)cc3)n2)cc1. The normalized spacial score (nSPS) is 11.1. The number of sulfonamides is 1. The van der Waals surface area contributed by atoms with Crippen LogP contribution in [0.25, 0.3) is 0 Å². The second-order valence-electron chi connectivity index (χ2n) is 7.47. The van der Waals surface area contributed by atoms with Gasteiger partial charge >= 0.3 is 0 Å². The van der Waals surface area contributed by atoms with Gasteiger partial charge in [0.2, 0.25) is 5.95 Å². The van der Waals surface area contributed by atoms with Gasteiger partial charge in [-0.1, -0.05) is 33.6 Å². The van der Waals surface area contributed by atoms with E-state index in [0.717, 1.165) is 21.5 Å². The maximum atomic E-state index is 12.6. The van der Waals surface area contributed by atoms with Gasteiger partial charge < -0.3 is 10.6 Å². The molecule has 1 aromatic heterocycles. The lowest BCUT2D eigenvalue weighted by Gasteiger charge is -2.11. The smallest absolute Gasteiger partial charge is 0.261 e. The van der Waals surface area contributed by atoms with Crippen LogP contribution in [-0.2, 0) is 10.0 Å². The van der Waals surface area contributed by atoms with Crippen molar-refractivity contribution in [3.8, 4) is 0 Å². The molecule has 0 aliphatic rings. The summed E-state index contributed by atoms with van der Waals surface area (Å²) in [7, 11) is -3.67. The van der Waals surface area contributed by atoms with E-state index in [1.807, 2.05) is 44.2 Å². The zero-order chi connectivity index (χ0) is 23.4. The molecular weight excluding hydrogens is 502 g/mol. The van der Waals surface area contributed by atoms with Gasteiger partial charge in [0.1, 0.15) is 5.82 Å². The number of anilines is 5. The van der Waals surface area contributed by atoms with Gasteiger partial charge in [0.05, 0.1) is 4.90 Å². The molecule has 3 aromatic carbocycles. The lowest BCUT2D eigenvalue weighted by molar-refractivity contribution is 0.601. The summed E-state index contributed by atoms with van der Waals surface area (Å²) < 4.78 is 28.5. The van der Waals surface area contributed by atoms with Crippen molar-refractivity contribution < 1.29 is 8.42 Å². The molecule has 7 nitrogen and oxygen atoms in total. The highest BCUT2D eigenvalue weighted by atomic mass is 79.9. The first-order valence-corrected chi connectivity index (χ1v) is 12.4. The number of nitrogens with one attached hydrogen (secondary N) is 3. The number of hydrogen-bond acceptors (Lipinski definition) is 6. The Morgan fingerprint density at radius 1 is 0.727 bits per heavy atom. The zero-order valence-corrected chi connectivity index (χ0v) is 20.4. The topological polar surface area (TPSA) is 96.0 Å². The van der Waals surface area contributed by atoms with Crippen LogP contribution in [0.4, 0.5) is 28.8 Å².